The van der Waals surface area contributed by atoms with Gasteiger partial charge < -0.3 is 5.32 Å². The highest BCUT2D eigenvalue weighted by atomic mass is 15.2. The lowest BCUT2D eigenvalue weighted by Gasteiger charge is -2.59. The molecular formula is C19H34N2. The second-order valence-electron chi connectivity index (χ2n) is 9.16. The molecule has 0 heterocycles. The topological polar surface area (TPSA) is 15.3 Å². The quantitative estimate of drug-likeness (QED) is 0.803. The molecular weight excluding hydrogens is 256 g/mol. The van der Waals surface area contributed by atoms with Crippen LogP contribution in [0.25, 0.3) is 0 Å². The van der Waals surface area contributed by atoms with Crippen LogP contribution >= 0.6 is 0 Å². The minimum Gasteiger partial charge on any atom is -0.312 e. The third kappa shape index (κ3) is 2.67. The Labute approximate surface area is 131 Å². The second kappa shape index (κ2) is 5.23. The number of hydrogen-bond acceptors (Lipinski definition) is 2. The predicted molar refractivity (Wildman–Crippen MR) is 88.3 cm³/mol. The van der Waals surface area contributed by atoms with Gasteiger partial charge in [0.25, 0.3) is 0 Å². The van der Waals surface area contributed by atoms with E-state index in [1.807, 2.05) is 0 Å². The number of nitrogens with zero attached hydrogens (tertiary/aromatic N) is 1. The maximum absolute atomic E-state index is 3.96. The van der Waals surface area contributed by atoms with Crippen molar-refractivity contribution in [3.8, 4) is 0 Å². The molecule has 1 N–H and O–H groups in total. The van der Waals surface area contributed by atoms with E-state index in [2.05, 4.69) is 31.1 Å². The third-order valence-corrected chi connectivity index (χ3v) is 7.54. The standard InChI is InChI=1S/C19H34N2/c1-13(21(3)18-4-5-18)12-20-14(2)19-9-15-6-16(10-19)8-17(7-15)11-19/h13-18,20H,4-12H2,1-3H3. The van der Waals surface area contributed by atoms with E-state index in [4.69, 9.17) is 0 Å². The summed E-state index contributed by atoms with van der Waals surface area (Å²) >= 11 is 0. The van der Waals surface area contributed by atoms with E-state index in [9.17, 15) is 0 Å². The van der Waals surface area contributed by atoms with Gasteiger partial charge in [0.1, 0.15) is 0 Å². The molecule has 5 rings (SSSR count). The van der Waals surface area contributed by atoms with E-state index < -0.39 is 0 Å². The average molecular weight is 290 g/mol. The van der Waals surface area contributed by atoms with Crippen molar-refractivity contribution in [2.75, 3.05) is 13.6 Å². The van der Waals surface area contributed by atoms with E-state index in [0.29, 0.717) is 11.5 Å². The molecule has 0 aromatic heterocycles. The molecule has 0 aromatic carbocycles. The molecule has 2 heteroatoms. The molecule has 0 aliphatic heterocycles. The molecule has 0 radical (unpaired) electrons. The maximum Gasteiger partial charge on any atom is 0.0192 e. The van der Waals surface area contributed by atoms with E-state index in [0.717, 1.165) is 29.8 Å². The summed E-state index contributed by atoms with van der Waals surface area (Å²) in [6, 6.07) is 2.30. The number of likely N-dealkylation sites (N-methyl/N-ethyl adjacent to an activating group) is 1. The minimum absolute atomic E-state index is 0.659. The number of nitrogens with one attached hydrogen (secondary N) is 1. The maximum atomic E-state index is 3.96. The fourth-order valence-corrected chi connectivity index (χ4v) is 6.26. The highest BCUT2D eigenvalue weighted by Gasteiger charge is 2.52. The number of rotatable bonds is 6. The Kier molecular flexibility index (Phi) is 3.61. The highest BCUT2D eigenvalue weighted by molar-refractivity contribution is 5.05. The van der Waals surface area contributed by atoms with Gasteiger partial charge in [0.05, 0.1) is 0 Å². The van der Waals surface area contributed by atoms with Crippen LogP contribution in [0.2, 0.25) is 0 Å². The van der Waals surface area contributed by atoms with Crippen molar-refractivity contribution in [2.24, 2.45) is 23.2 Å². The van der Waals surface area contributed by atoms with Crippen molar-refractivity contribution in [1.82, 2.24) is 10.2 Å². The molecule has 5 saturated carbocycles. The molecule has 0 amide bonds. The van der Waals surface area contributed by atoms with Crippen LogP contribution in [-0.2, 0) is 0 Å². The van der Waals surface area contributed by atoms with E-state index >= 15 is 0 Å². The van der Waals surface area contributed by atoms with Crippen LogP contribution in [0.15, 0.2) is 0 Å². The molecule has 0 aromatic rings. The normalized spacial score (nSPS) is 44.3. The smallest absolute Gasteiger partial charge is 0.0192 e. The Bertz CT molecular complexity index is 352. The van der Waals surface area contributed by atoms with Crippen molar-refractivity contribution in [3.05, 3.63) is 0 Å². The molecule has 2 nitrogen and oxygen atoms in total. The summed E-state index contributed by atoms with van der Waals surface area (Å²) in [4.78, 5) is 2.60. The molecule has 0 spiro atoms. The van der Waals surface area contributed by atoms with Crippen LogP contribution in [0, 0.1) is 23.2 Å². The summed E-state index contributed by atoms with van der Waals surface area (Å²) in [6.07, 6.45) is 12.1. The van der Waals surface area contributed by atoms with Gasteiger partial charge in [-0.2, -0.15) is 0 Å². The predicted octanol–water partition coefficient (Wildman–Crippen LogP) is 3.66. The molecule has 5 aliphatic rings. The second-order valence-corrected chi connectivity index (χ2v) is 9.16. The fraction of sp³-hybridized carbons (Fsp3) is 1.00. The van der Waals surface area contributed by atoms with Gasteiger partial charge in [-0.3, -0.25) is 4.90 Å². The first-order valence-corrected chi connectivity index (χ1v) is 9.51. The van der Waals surface area contributed by atoms with Crippen molar-refractivity contribution in [2.45, 2.75) is 83.3 Å². The first-order chi connectivity index (χ1) is 10.1. The zero-order valence-corrected chi connectivity index (χ0v) is 14.3. The first-order valence-electron chi connectivity index (χ1n) is 9.51. The molecule has 21 heavy (non-hydrogen) atoms. The molecule has 2 atom stereocenters. The van der Waals surface area contributed by atoms with Gasteiger partial charge in [0.2, 0.25) is 0 Å². The van der Waals surface area contributed by atoms with Gasteiger partial charge in [-0.15, -0.1) is 0 Å². The van der Waals surface area contributed by atoms with Crippen molar-refractivity contribution >= 4 is 0 Å². The van der Waals surface area contributed by atoms with E-state index in [1.165, 1.54) is 38.6 Å². The summed E-state index contributed by atoms with van der Waals surface area (Å²) in [5, 5.41) is 3.96. The average Bonchev–Trinajstić information content (AvgIpc) is 3.26. The molecule has 0 saturated heterocycles. The lowest BCUT2D eigenvalue weighted by atomic mass is 9.48. The Morgan fingerprint density at radius 3 is 2.00 bits per heavy atom. The Hall–Kier alpha value is -0.0800. The van der Waals surface area contributed by atoms with Crippen molar-refractivity contribution < 1.29 is 0 Å². The van der Waals surface area contributed by atoms with Crippen LogP contribution in [0.5, 0.6) is 0 Å². The van der Waals surface area contributed by atoms with E-state index in [-0.39, 0.29) is 0 Å². The SMILES string of the molecule is CC(CNC(C)C12CC3CC(CC(C3)C1)C2)N(C)C1CC1. The van der Waals surface area contributed by atoms with Crippen molar-refractivity contribution in [3.63, 3.8) is 0 Å². The summed E-state index contributed by atoms with van der Waals surface area (Å²) in [5.74, 6) is 3.23. The molecule has 4 bridgehead atoms. The van der Waals surface area contributed by atoms with Crippen LogP contribution < -0.4 is 5.32 Å². The Morgan fingerprint density at radius 1 is 1.00 bits per heavy atom. The number of hydrogen-bond donors (Lipinski definition) is 1. The summed E-state index contributed by atoms with van der Waals surface area (Å²) in [5.41, 5.74) is 0.659. The van der Waals surface area contributed by atoms with Crippen LogP contribution in [0.1, 0.15) is 65.2 Å². The largest absolute Gasteiger partial charge is 0.312 e. The zero-order chi connectivity index (χ0) is 14.6. The summed E-state index contributed by atoms with van der Waals surface area (Å²) in [6.45, 7) is 6.07. The fourth-order valence-electron chi connectivity index (χ4n) is 6.26. The lowest BCUT2D eigenvalue weighted by molar-refractivity contribution is -0.0709. The summed E-state index contributed by atoms with van der Waals surface area (Å²) < 4.78 is 0. The first kappa shape index (κ1) is 14.5. The van der Waals surface area contributed by atoms with Gasteiger partial charge >= 0.3 is 0 Å². The van der Waals surface area contributed by atoms with Gasteiger partial charge in [-0.1, -0.05) is 0 Å². The Balaban J connectivity index is 1.35. The van der Waals surface area contributed by atoms with Gasteiger partial charge in [-0.05, 0) is 95.4 Å². The van der Waals surface area contributed by atoms with Crippen LogP contribution in [0.4, 0.5) is 0 Å². The van der Waals surface area contributed by atoms with E-state index in [1.54, 1.807) is 19.3 Å². The monoisotopic (exact) mass is 290 g/mol. The van der Waals surface area contributed by atoms with Crippen LogP contribution in [0.3, 0.4) is 0 Å². The lowest BCUT2D eigenvalue weighted by Crippen LogP contribution is -2.56. The minimum atomic E-state index is 0.659. The summed E-state index contributed by atoms with van der Waals surface area (Å²) in [7, 11) is 2.32. The molecule has 5 aliphatic carbocycles. The highest BCUT2D eigenvalue weighted by Crippen LogP contribution is 2.61. The zero-order valence-electron chi connectivity index (χ0n) is 14.3. The van der Waals surface area contributed by atoms with Crippen molar-refractivity contribution in [1.29, 1.82) is 0 Å². The third-order valence-electron chi connectivity index (χ3n) is 7.54. The molecule has 120 valence electrons. The van der Waals surface area contributed by atoms with Gasteiger partial charge in [0, 0.05) is 24.7 Å². The Morgan fingerprint density at radius 2 is 1.52 bits per heavy atom. The van der Waals surface area contributed by atoms with Gasteiger partial charge in [-0.25, -0.2) is 0 Å². The molecule has 5 fully saturated rings. The van der Waals surface area contributed by atoms with Crippen LogP contribution in [-0.4, -0.2) is 36.6 Å². The van der Waals surface area contributed by atoms with Gasteiger partial charge in [0.15, 0.2) is 0 Å². The molecule has 2 unspecified atom stereocenters.